The molecule has 3 N–H and O–H groups in total. The van der Waals surface area contributed by atoms with Crippen molar-refractivity contribution in [2.45, 2.75) is 45.1 Å². The lowest BCUT2D eigenvalue weighted by Gasteiger charge is -2.15. The number of rotatable bonds is 5. The van der Waals surface area contributed by atoms with Crippen LogP contribution >= 0.6 is 0 Å². The number of hydrogen-bond acceptors (Lipinski definition) is 3. The number of carbonyl (C=O) groups is 2. The lowest BCUT2D eigenvalue weighted by atomic mass is 10.1. The molecular formula is C12H23N3O2. The van der Waals surface area contributed by atoms with Crippen molar-refractivity contribution in [3.05, 3.63) is 0 Å². The fourth-order valence-corrected chi connectivity index (χ4v) is 1.96. The van der Waals surface area contributed by atoms with Crippen LogP contribution in [0.15, 0.2) is 0 Å². The van der Waals surface area contributed by atoms with Crippen LogP contribution in [-0.4, -0.2) is 37.5 Å². The Morgan fingerprint density at radius 2 is 2.06 bits per heavy atom. The second kappa shape index (κ2) is 8.06. The zero-order chi connectivity index (χ0) is 12.5. The van der Waals surface area contributed by atoms with E-state index in [9.17, 15) is 9.59 Å². The van der Waals surface area contributed by atoms with Crippen LogP contribution in [-0.2, 0) is 9.59 Å². The maximum atomic E-state index is 11.8. The van der Waals surface area contributed by atoms with Crippen molar-refractivity contribution in [3.63, 3.8) is 0 Å². The predicted octanol–water partition coefficient (Wildman–Crippen LogP) is 0.161. The first-order valence-electron chi connectivity index (χ1n) is 6.52. The van der Waals surface area contributed by atoms with Gasteiger partial charge in [-0.2, -0.15) is 0 Å². The molecule has 2 amide bonds. The fraction of sp³-hybridized carbons (Fsp3) is 0.833. The average Bonchev–Trinajstić information content (AvgIpc) is 2.57. The van der Waals surface area contributed by atoms with E-state index in [-0.39, 0.29) is 17.9 Å². The molecule has 0 aromatic carbocycles. The van der Waals surface area contributed by atoms with Crippen LogP contribution in [0.1, 0.15) is 39.0 Å². The lowest BCUT2D eigenvalue weighted by molar-refractivity contribution is -0.123. The van der Waals surface area contributed by atoms with Gasteiger partial charge in [0.05, 0.1) is 6.04 Å². The van der Waals surface area contributed by atoms with Crippen molar-refractivity contribution in [1.29, 1.82) is 0 Å². The second-order valence-corrected chi connectivity index (χ2v) is 4.35. The highest BCUT2D eigenvalue weighted by atomic mass is 16.2. The molecule has 98 valence electrons. The Kier molecular flexibility index (Phi) is 6.62. The molecule has 17 heavy (non-hydrogen) atoms. The minimum Gasteiger partial charge on any atom is -0.356 e. The van der Waals surface area contributed by atoms with E-state index in [4.69, 9.17) is 0 Å². The smallest absolute Gasteiger partial charge is 0.237 e. The van der Waals surface area contributed by atoms with Gasteiger partial charge >= 0.3 is 0 Å². The van der Waals surface area contributed by atoms with E-state index in [0.29, 0.717) is 19.5 Å². The molecule has 0 aliphatic carbocycles. The third-order valence-electron chi connectivity index (χ3n) is 2.90. The Morgan fingerprint density at radius 1 is 1.24 bits per heavy atom. The van der Waals surface area contributed by atoms with Gasteiger partial charge in [-0.25, -0.2) is 0 Å². The highest BCUT2D eigenvalue weighted by Gasteiger charge is 2.18. The standard InChI is InChI=1S/C12H23N3O2/c1-2-13-11(16)7-9-15-12(17)10-6-4-3-5-8-14-10/h10,14H,2-9H2,1H3,(H,13,16)(H,15,17). The van der Waals surface area contributed by atoms with Gasteiger partial charge in [-0.1, -0.05) is 12.8 Å². The van der Waals surface area contributed by atoms with Gasteiger partial charge in [0, 0.05) is 19.5 Å². The molecule has 5 heteroatoms. The van der Waals surface area contributed by atoms with E-state index in [2.05, 4.69) is 16.0 Å². The summed E-state index contributed by atoms with van der Waals surface area (Å²) < 4.78 is 0. The molecule has 0 bridgehead atoms. The van der Waals surface area contributed by atoms with Crippen molar-refractivity contribution in [1.82, 2.24) is 16.0 Å². The number of nitrogens with one attached hydrogen (secondary N) is 3. The van der Waals surface area contributed by atoms with Gasteiger partial charge in [-0.05, 0) is 26.3 Å². The van der Waals surface area contributed by atoms with Crippen molar-refractivity contribution in [2.75, 3.05) is 19.6 Å². The van der Waals surface area contributed by atoms with Crippen LogP contribution in [0.25, 0.3) is 0 Å². The Balaban J connectivity index is 2.17. The Bertz CT molecular complexity index is 248. The van der Waals surface area contributed by atoms with Gasteiger partial charge < -0.3 is 16.0 Å². The molecule has 1 aliphatic rings. The summed E-state index contributed by atoms with van der Waals surface area (Å²) in [6.07, 6.45) is 4.68. The normalized spacial score (nSPS) is 20.4. The van der Waals surface area contributed by atoms with Crippen LogP contribution < -0.4 is 16.0 Å². The summed E-state index contributed by atoms with van der Waals surface area (Å²) in [5.74, 6) is 0.0119. The summed E-state index contributed by atoms with van der Waals surface area (Å²) >= 11 is 0. The van der Waals surface area contributed by atoms with Crippen molar-refractivity contribution >= 4 is 11.8 Å². The third kappa shape index (κ3) is 5.68. The summed E-state index contributed by atoms with van der Waals surface area (Å²) in [6.45, 7) is 3.85. The second-order valence-electron chi connectivity index (χ2n) is 4.35. The molecule has 1 unspecified atom stereocenters. The van der Waals surface area contributed by atoms with Crippen LogP contribution in [0.4, 0.5) is 0 Å². The largest absolute Gasteiger partial charge is 0.356 e. The molecule has 0 saturated carbocycles. The Labute approximate surface area is 103 Å². The fourth-order valence-electron chi connectivity index (χ4n) is 1.96. The number of hydrogen-bond donors (Lipinski definition) is 3. The van der Waals surface area contributed by atoms with Crippen LogP contribution in [0.2, 0.25) is 0 Å². The maximum Gasteiger partial charge on any atom is 0.237 e. The first-order valence-corrected chi connectivity index (χ1v) is 6.52. The van der Waals surface area contributed by atoms with Crippen molar-refractivity contribution < 1.29 is 9.59 Å². The predicted molar refractivity (Wildman–Crippen MR) is 66.6 cm³/mol. The molecule has 1 fully saturated rings. The molecule has 0 aromatic rings. The summed E-state index contributed by atoms with van der Waals surface area (Å²) in [4.78, 5) is 23.0. The third-order valence-corrected chi connectivity index (χ3v) is 2.90. The zero-order valence-electron chi connectivity index (χ0n) is 10.6. The Morgan fingerprint density at radius 3 is 2.82 bits per heavy atom. The van der Waals surface area contributed by atoms with E-state index in [1.165, 1.54) is 6.42 Å². The van der Waals surface area contributed by atoms with E-state index >= 15 is 0 Å². The van der Waals surface area contributed by atoms with Crippen LogP contribution in [0.3, 0.4) is 0 Å². The monoisotopic (exact) mass is 241 g/mol. The van der Waals surface area contributed by atoms with E-state index in [1.807, 2.05) is 6.92 Å². The minimum atomic E-state index is -0.0771. The number of carbonyl (C=O) groups excluding carboxylic acids is 2. The van der Waals surface area contributed by atoms with Gasteiger partial charge in [0.1, 0.15) is 0 Å². The van der Waals surface area contributed by atoms with Crippen molar-refractivity contribution in [2.24, 2.45) is 0 Å². The highest BCUT2D eigenvalue weighted by Crippen LogP contribution is 2.08. The quantitative estimate of drug-likeness (QED) is 0.642. The molecule has 5 nitrogen and oxygen atoms in total. The van der Waals surface area contributed by atoms with Crippen molar-refractivity contribution in [3.8, 4) is 0 Å². The molecule has 1 atom stereocenters. The topological polar surface area (TPSA) is 70.2 Å². The Hall–Kier alpha value is -1.10. The maximum absolute atomic E-state index is 11.8. The first kappa shape index (κ1) is 14.0. The van der Waals surface area contributed by atoms with E-state index < -0.39 is 0 Å². The van der Waals surface area contributed by atoms with Crippen LogP contribution in [0, 0.1) is 0 Å². The summed E-state index contributed by atoms with van der Waals surface area (Å²) in [5, 5.41) is 8.74. The SMILES string of the molecule is CCNC(=O)CCNC(=O)C1CCCCCN1. The molecule has 1 saturated heterocycles. The molecule has 1 aliphatic heterocycles. The zero-order valence-corrected chi connectivity index (χ0v) is 10.6. The molecular weight excluding hydrogens is 218 g/mol. The molecule has 0 aromatic heterocycles. The van der Waals surface area contributed by atoms with Gasteiger partial charge in [0.15, 0.2) is 0 Å². The van der Waals surface area contributed by atoms with Crippen LogP contribution in [0.5, 0.6) is 0 Å². The van der Waals surface area contributed by atoms with Gasteiger partial charge in [0.2, 0.25) is 11.8 Å². The molecule has 1 heterocycles. The minimum absolute atomic E-state index is 0.0124. The average molecular weight is 241 g/mol. The van der Waals surface area contributed by atoms with Gasteiger partial charge in [-0.3, -0.25) is 9.59 Å². The highest BCUT2D eigenvalue weighted by molar-refractivity contribution is 5.82. The van der Waals surface area contributed by atoms with Gasteiger partial charge in [-0.15, -0.1) is 0 Å². The molecule has 0 spiro atoms. The first-order chi connectivity index (χ1) is 8.24. The van der Waals surface area contributed by atoms with E-state index in [0.717, 1.165) is 25.8 Å². The lowest BCUT2D eigenvalue weighted by Crippen LogP contribution is -2.44. The number of amides is 2. The summed E-state index contributed by atoms with van der Waals surface area (Å²) in [5.41, 5.74) is 0. The molecule has 0 radical (unpaired) electrons. The summed E-state index contributed by atoms with van der Waals surface area (Å²) in [6, 6.07) is -0.0771. The van der Waals surface area contributed by atoms with E-state index in [1.54, 1.807) is 0 Å². The molecule has 1 rings (SSSR count). The summed E-state index contributed by atoms with van der Waals surface area (Å²) in [7, 11) is 0. The van der Waals surface area contributed by atoms with Gasteiger partial charge in [0.25, 0.3) is 0 Å².